The van der Waals surface area contributed by atoms with Crippen LogP contribution >= 0.6 is 0 Å². The molecule has 0 atom stereocenters. The van der Waals surface area contributed by atoms with Crippen molar-refractivity contribution in [3.63, 3.8) is 0 Å². The van der Waals surface area contributed by atoms with Gasteiger partial charge in [0.1, 0.15) is 5.69 Å². The zero-order valence-electron chi connectivity index (χ0n) is 14.7. The number of hydrogen-bond acceptors (Lipinski definition) is 2. The predicted molar refractivity (Wildman–Crippen MR) is 99.1 cm³/mol. The maximum Gasteiger partial charge on any atom is 0.272 e. The Hall–Kier alpha value is -2.88. The number of aryl methyl sites for hydroxylation is 2. The Labute approximate surface area is 148 Å². The van der Waals surface area contributed by atoms with Crippen molar-refractivity contribution in [1.82, 2.24) is 14.7 Å². The second-order valence-electron chi connectivity index (χ2n) is 6.12. The van der Waals surface area contributed by atoms with Gasteiger partial charge in [-0.2, -0.15) is 5.10 Å². The minimum absolute atomic E-state index is 0.00940. The molecule has 3 rings (SSSR count). The molecule has 25 heavy (non-hydrogen) atoms. The van der Waals surface area contributed by atoms with E-state index in [2.05, 4.69) is 5.10 Å². The fourth-order valence-electron chi connectivity index (χ4n) is 2.93. The van der Waals surface area contributed by atoms with Gasteiger partial charge in [0, 0.05) is 19.6 Å². The van der Waals surface area contributed by atoms with E-state index >= 15 is 0 Å². The van der Waals surface area contributed by atoms with Crippen LogP contribution in [0.4, 0.5) is 0 Å². The molecule has 0 aliphatic rings. The summed E-state index contributed by atoms with van der Waals surface area (Å²) in [7, 11) is 0. The van der Waals surface area contributed by atoms with Crippen molar-refractivity contribution in [1.29, 1.82) is 0 Å². The fourth-order valence-corrected chi connectivity index (χ4v) is 2.93. The van der Waals surface area contributed by atoms with Crippen LogP contribution in [0.2, 0.25) is 0 Å². The molecule has 0 N–H and O–H groups in total. The van der Waals surface area contributed by atoms with E-state index in [1.807, 2.05) is 85.5 Å². The Morgan fingerprint density at radius 1 is 0.960 bits per heavy atom. The number of benzene rings is 2. The molecular formula is C21H23N3O. The van der Waals surface area contributed by atoms with Crippen LogP contribution in [0, 0.1) is 6.92 Å². The predicted octanol–water partition coefficient (Wildman–Crippen LogP) is 4.05. The Morgan fingerprint density at radius 2 is 1.48 bits per heavy atom. The van der Waals surface area contributed by atoms with E-state index in [9.17, 15) is 4.79 Å². The summed E-state index contributed by atoms with van der Waals surface area (Å²) in [5.41, 5.74) is 3.74. The van der Waals surface area contributed by atoms with Crippen molar-refractivity contribution in [3.8, 4) is 0 Å². The average Bonchev–Trinajstić information content (AvgIpc) is 3.03. The van der Waals surface area contributed by atoms with E-state index in [4.69, 9.17) is 0 Å². The van der Waals surface area contributed by atoms with Gasteiger partial charge in [-0.25, -0.2) is 0 Å². The highest BCUT2D eigenvalue weighted by atomic mass is 16.2. The molecule has 4 nitrogen and oxygen atoms in total. The first-order valence-electron chi connectivity index (χ1n) is 8.59. The highest BCUT2D eigenvalue weighted by Crippen LogP contribution is 2.15. The summed E-state index contributed by atoms with van der Waals surface area (Å²) < 4.78 is 1.78. The van der Waals surface area contributed by atoms with Crippen molar-refractivity contribution >= 4 is 5.91 Å². The van der Waals surface area contributed by atoms with Crippen LogP contribution < -0.4 is 0 Å². The molecule has 0 bridgehead atoms. The summed E-state index contributed by atoms with van der Waals surface area (Å²) in [6.45, 7) is 5.74. The third-order valence-electron chi connectivity index (χ3n) is 4.14. The number of carbonyl (C=O) groups excluding carboxylic acids is 1. The first-order valence-corrected chi connectivity index (χ1v) is 8.59. The van der Waals surface area contributed by atoms with Crippen molar-refractivity contribution in [2.45, 2.75) is 33.5 Å². The summed E-state index contributed by atoms with van der Waals surface area (Å²) >= 11 is 0. The molecule has 2 aromatic carbocycles. The monoisotopic (exact) mass is 333 g/mol. The molecule has 1 amide bonds. The molecule has 1 aromatic heterocycles. The van der Waals surface area contributed by atoms with Gasteiger partial charge in [-0.05, 0) is 31.0 Å². The number of aromatic nitrogens is 2. The van der Waals surface area contributed by atoms with Crippen LogP contribution in [0.15, 0.2) is 66.7 Å². The lowest BCUT2D eigenvalue weighted by Crippen LogP contribution is -2.31. The van der Waals surface area contributed by atoms with Crippen LogP contribution in [-0.4, -0.2) is 20.6 Å². The maximum atomic E-state index is 13.2. The Morgan fingerprint density at radius 3 is 1.96 bits per heavy atom. The topological polar surface area (TPSA) is 38.1 Å². The maximum absolute atomic E-state index is 13.2. The molecule has 0 fully saturated rings. The summed E-state index contributed by atoms with van der Waals surface area (Å²) in [5.74, 6) is 0.00940. The van der Waals surface area contributed by atoms with Gasteiger partial charge < -0.3 is 4.90 Å². The number of amides is 1. The second-order valence-corrected chi connectivity index (χ2v) is 6.12. The molecule has 0 radical (unpaired) electrons. The van der Waals surface area contributed by atoms with Gasteiger partial charge in [-0.3, -0.25) is 9.48 Å². The minimum Gasteiger partial charge on any atom is -0.329 e. The number of nitrogens with zero attached hydrogens (tertiary/aromatic N) is 3. The number of carbonyl (C=O) groups is 1. The molecule has 0 aliphatic carbocycles. The Kier molecular flexibility index (Phi) is 5.29. The molecule has 0 unspecified atom stereocenters. The lowest BCUT2D eigenvalue weighted by atomic mass is 10.1. The number of hydrogen-bond donors (Lipinski definition) is 0. The van der Waals surface area contributed by atoms with E-state index in [1.165, 1.54) is 0 Å². The lowest BCUT2D eigenvalue weighted by Gasteiger charge is -2.23. The minimum atomic E-state index is 0.00940. The average molecular weight is 333 g/mol. The summed E-state index contributed by atoms with van der Waals surface area (Å²) in [6, 6.07) is 22.0. The smallest absolute Gasteiger partial charge is 0.272 e. The Balaban J connectivity index is 1.90. The van der Waals surface area contributed by atoms with Gasteiger partial charge in [0.25, 0.3) is 5.91 Å². The van der Waals surface area contributed by atoms with Crippen LogP contribution in [0.1, 0.15) is 34.2 Å². The van der Waals surface area contributed by atoms with Crippen LogP contribution in [0.25, 0.3) is 0 Å². The van der Waals surface area contributed by atoms with Crippen LogP contribution in [0.3, 0.4) is 0 Å². The van der Waals surface area contributed by atoms with Gasteiger partial charge in [0.2, 0.25) is 0 Å². The summed E-state index contributed by atoms with van der Waals surface area (Å²) in [6.07, 6.45) is 0. The van der Waals surface area contributed by atoms with Crippen molar-refractivity contribution in [2.24, 2.45) is 0 Å². The van der Waals surface area contributed by atoms with E-state index in [1.54, 1.807) is 4.68 Å². The molecule has 0 aliphatic heterocycles. The normalized spacial score (nSPS) is 10.6. The molecule has 0 saturated heterocycles. The van der Waals surface area contributed by atoms with Crippen molar-refractivity contribution in [2.75, 3.05) is 0 Å². The molecular weight excluding hydrogens is 310 g/mol. The van der Waals surface area contributed by atoms with Gasteiger partial charge in [-0.1, -0.05) is 60.7 Å². The third kappa shape index (κ3) is 4.15. The zero-order chi connectivity index (χ0) is 17.6. The summed E-state index contributed by atoms with van der Waals surface area (Å²) in [4.78, 5) is 15.1. The first kappa shape index (κ1) is 17.0. The van der Waals surface area contributed by atoms with Crippen LogP contribution in [-0.2, 0) is 19.6 Å². The lowest BCUT2D eigenvalue weighted by molar-refractivity contribution is 0.0717. The SMILES string of the molecule is CCn1nc(C)cc1C(=O)N(Cc1ccccc1)Cc1ccccc1. The molecule has 1 heterocycles. The standard InChI is InChI=1S/C21H23N3O/c1-3-24-20(14-17(2)22-24)21(25)23(15-18-10-6-4-7-11-18)16-19-12-8-5-9-13-19/h4-14H,3,15-16H2,1-2H3. The van der Waals surface area contributed by atoms with Gasteiger partial charge in [0.05, 0.1) is 5.69 Å². The van der Waals surface area contributed by atoms with Crippen molar-refractivity contribution in [3.05, 3.63) is 89.2 Å². The first-order chi connectivity index (χ1) is 12.2. The quantitative estimate of drug-likeness (QED) is 0.682. The Bertz CT molecular complexity index is 783. The van der Waals surface area contributed by atoms with E-state index < -0.39 is 0 Å². The van der Waals surface area contributed by atoms with E-state index in [-0.39, 0.29) is 5.91 Å². The largest absolute Gasteiger partial charge is 0.329 e. The van der Waals surface area contributed by atoms with E-state index in [0.29, 0.717) is 25.3 Å². The molecule has 3 aromatic rings. The molecule has 128 valence electrons. The van der Waals surface area contributed by atoms with E-state index in [0.717, 1.165) is 16.8 Å². The highest BCUT2D eigenvalue weighted by Gasteiger charge is 2.21. The fraction of sp³-hybridized carbons (Fsp3) is 0.238. The third-order valence-corrected chi connectivity index (χ3v) is 4.14. The van der Waals surface area contributed by atoms with Gasteiger partial charge >= 0.3 is 0 Å². The number of rotatable bonds is 6. The van der Waals surface area contributed by atoms with Crippen LogP contribution in [0.5, 0.6) is 0 Å². The van der Waals surface area contributed by atoms with Crippen molar-refractivity contribution < 1.29 is 4.79 Å². The second kappa shape index (κ2) is 7.79. The molecule has 0 spiro atoms. The highest BCUT2D eigenvalue weighted by molar-refractivity contribution is 5.92. The zero-order valence-corrected chi connectivity index (χ0v) is 14.7. The molecule has 0 saturated carbocycles. The summed E-state index contributed by atoms with van der Waals surface area (Å²) in [5, 5.41) is 4.42. The van der Waals surface area contributed by atoms with Gasteiger partial charge in [0.15, 0.2) is 0 Å². The van der Waals surface area contributed by atoms with Gasteiger partial charge in [-0.15, -0.1) is 0 Å². The molecule has 4 heteroatoms.